The molecular formula is C16H25ClN2. The van der Waals surface area contributed by atoms with Crippen molar-refractivity contribution in [3.8, 4) is 0 Å². The molecule has 0 aliphatic carbocycles. The van der Waals surface area contributed by atoms with E-state index in [0.29, 0.717) is 6.04 Å². The Morgan fingerprint density at radius 3 is 2.84 bits per heavy atom. The van der Waals surface area contributed by atoms with E-state index < -0.39 is 0 Å². The van der Waals surface area contributed by atoms with Gasteiger partial charge in [-0.2, -0.15) is 0 Å². The molecule has 106 valence electrons. The Bertz CT molecular complexity index is 415. The first-order valence-corrected chi connectivity index (χ1v) is 7.83. The van der Waals surface area contributed by atoms with E-state index in [1.807, 2.05) is 6.92 Å². The summed E-state index contributed by atoms with van der Waals surface area (Å²) in [4.78, 5) is 2.53. The molecule has 1 aliphatic heterocycles. The summed E-state index contributed by atoms with van der Waals surface area (Å²) >= 11 is 6.36. The maximum absolute atomic E-state index is 6.36. The molecule has 0 spiro atoms. The quantitative estimate of drug-likeness (QED) is 0.879. The molecular weight excluding hydrogens is 256 g/mol. The fourth-order valence-corrected chi connectivity index (χ4v) is 3.38. The topological polar surface area (TPSA) is 29.3 Å². The number of benzene rings is 1. The van der Waals surface area contributed by atoms with Gasteiger partial charge in [0.1, 0.15) is 0 Å². The molecule has 2 rings (SSSR count). The van der Waals surface area contributed by atoms with Crippen molar-refractivity contribution in [2.24, 2.45) is 5.73 Å². The van der Waals surface area contributed by atoms with Crippen molar-refractivity contribution >= 4 is 17.3 Å². The molecule has 1 aromatic rings. The predicted octanol–water partition coefficient (Wildman–Crippen LogP) is 4.52. The van der Waals surface area contributed by atoms with E-state index in [-0.39, 0.29) is 6.04 Å². The van der Waals surface area contributed by atoms with Gasteiger partial charge in [-0.05, 0) is 50.3 Å². The zero-order chi connectivity index (χ0) is 13.8. The van der Waals surface area contributed by atoms with Crippen LogP contribution in [0.3, 0.4) is 0 Å². The molecule has 1 aromatic carbocycles. The van der Waals surface area contributed by atoms with Crippen LogP contribution in [0.5, 0.6) is 0 Å². The van der Waals surface area contributed by atoms with Crippen LogP contribution in [0.4, 0.5) is 5.69 Å². The largest absolute Gasteiger partial charge is 0.369 e. The number of nitrogens with zero attached hydrogens (tertiary/aromatic N) is 1. The highest BCUT2D eigenvalue weighted by Crippen LogP contribution is 2.31. The lowest BCUT2D eigenvalue weighted by molar-refractivity contribution is 0.435. The van der Waals surface area contributed by atoms with Gasteiger partial charge in [0.15, 0.2) is 0 Å². The zero-order valence-electron chi connectivity index (χ0n) is 12.0. The summed E-state index contributed by atoms with van der Waals surface area (Å²) in [6, 6.07) is 7.03. The Balaban J connectivity index is 2.22. The van der Waals surface area contributed by atoms with Crippen molar-refractivity contribution in [1.29, 1.82) is 0 Å². The molecule has 0 amide bonds. The van der Waals surface area contributed by atoms with Crippen molar-refractivity contribution in [2.75, 3.05) is 11.4 Å². The number of piperidine rings is 1. The minimum Gasteiger partial charge on any atom is -0.369 e. The highest BCUT2D eigenvalue weighted by molar-refractivity contribution is 6.31. The van der Waals surface area contributed by atoms with Crippen LogP contribution in [0.2, 0.25) is 5.02 Å². The first-order chi connectivity index (χ1) is 9.13. The van der Waals surface area contributed by atoms with Crippen molar-refractivity contribution in [2.45, 2.75) is 58.0 Å². The highest BCUT2D eigenvalue weighted by Gasteiger charge is 2.22. The van der Waals surface area contributed by atoms with Gasteiger partial charge in [0.05, 0.1) is 0 Å². The SMILES string of the molecule is CCCC1CCCCN1c1ccc(C(C)N)c(Cl)c1. The van der Waals surface area contributed by atoms with E-state index >= 15 is 0 Å². The summed E-state index contributed by atoms with van der Waals surface area (Å²) in [5.41, 5.74) is 8.21. The Labute approximate surface area is 121 Å². The van der Waals surface area contributed by atoms with Crippen LogP contribution in [0, 0.1) is 0 Å². The van der Waals surface area contributed by atoms with Gasteiger partial charge in [-0.15, -0.1) is 0 Å². The second-order valence-electron chi connectivity index (χ2n) is 5.63. The molecule has 1 heterocycles. The minimum absolute atomic E-state index is 0.00524. The lowest BCUT2D eigenvalue weighted by Gasteiger charge is -2.38. The van der Waals surface area contributed by atoms with Gasteiger partial charge < -0.3 is 10.6 Å². The number of hydrogen-bond acceptors (Lipinski definition) is 2. The van der Waals surface area contributed by atoms with E-state index in [0.717, 1.165) is 17.1 Å². The van der Waals surface area contributed by atoms with Crippen molar-refractivity contribution < 1.29 is 0 Å². The van der Waals surface area contributed by atoms with E-state index in [4.69, 9.17) is 17.3 Å². The van der Waals surface area contributed by atoms with E-state index in [1.54, 1.807) is 0 Å². The van der Waals surface area contributed by atoms with Gasteiger partial charge in [-0.1, -0.05) is 31.0 Å². The van der Waals surface area contributed by atoms with Gasteiger partial charge in [0, 0.05) is 29.3 Å². The Morgan fingerprint density at radius 1 is 1.42 bits per heavy atom. The van der Waals surface area contributed by atoms with Crippen molar-refractivity contribution in [3.05, 3.63) is 28.8 Å². The summed E-state index contributed by atoms with van der Waals surface area (Å²) in [6.45, 7) is 5.39. The van der Waals surface area contributed by atoms with E-state index in [1.165, 1.54) is 37.8 Å². The number of anilines is 1. The summed E-state index contributed by atoms with van der Waals surface area (Å²) in [6.07, 6.45) is 6.46. The maximum Gasteiger partial charge on any atom is 0.0474 e. The fraction of sp³-hybridized carbons (Fsp3) is 0.625. The summed E-state index contributed by atoms with van der Waals surface area (Å²) in [7, 11) is 0. The molecule has 0 saturated carbocycles. The Morgan fingerprint density at radius 2 is 2.21 bits per heavy atom. The van der Waals surface area contributed by atoms with Gasteiger partial charge in [0.2, 0.25) is 0 Å². The van der Waals surface area contributed by atoms with E-state index in [9.17, 15) is 0 Å². The maximum atomic E-state index is 6.36. The third-order valence-corrected chi connectivity index (χ3v) is 4.38. The second-order valence-corrected chi connectivity index (χ2v) is 6.03. The van der Waals surface area contributed by atoms with Crippen molar-refractivity contribution in [3.63, 3.8) is 0 Å². The predicted molar refractivity (Wildman–Crippen MR) is 83.9 cm³/mol. The smallest absolute Gasteiger partial charge is 0.0474 e. The first kappa shape index (κ1) is 14.7. The molecule has 2 nitrogen and oxygen atoms in total. The molecule has 0 radical (unpaired) electrons. The number of nitrogens with two attached hydrogens (primary N) is 1. The standard InChI is InChI=1S/C16H25ClN2/c1-3-6-13-7-4-5-10-19(13)14-8-9-15(12(2)18)16(17)11-14/h8-9,11-13H,3-7,10,18H2,1-2H3. The lowest BCUT2D eigenvalue weighted by Crippen LogP contribution is -2.39. The lowest BCUT2D eigenvalue weighted by atomic mass is 9.97. The minimum atomic E-state index is -0.00524. The molecule has 0 aromatic heterocycles. The molecule has 1 aliphatic rings. The zero-order valence-corrected chi connectivity index (χ0v) is 12.8. The molecule has 1 fully saturated rings. The first-order valence-electron chi connectivity index (χ1n) is 7.45. The van der Waals surface area contributed by atoms with Crippen LogP contribution in [0.15, 0.2) is 18.2 Å². The van der Waals surface area contributed by atoms with Gasteiger partial charge in [-0.25, -0.2) is 0 Å². The average Bonchev–Trinajstić information content (AvgIpc) is 2.39. The Kier molecular flexibility index (Phi) is 5.12. The van der Waals surface area contributed by atoms with Crippen LogP contribution in [0.25, 0.3) is 0 Å². The van der Waals surface area contributed by atoms with Gasteiger partial charge >= 0.3 is 0 Å². The number of halogens is 1. The highest BCUT2D eigenvalue weighted by atomic mass is 35.5. The molecule has 2 N–H and O–H groups in total. The average molecular weight is 281 g/mol. The summed E-state index contributed by atoms with van der Waals surface area (Å²) in [5.74, 6) is 0. The van der Waals surface area contributed by atoms with Gasteiger partial charge in [0.25, 0.3) is 0 Å². The molecule has 0 bridgehead atoms. The van der Waals surface area contributed by atoms with Crippen LogP contribution in [-0.4, -0.2) is 12.6 Å². The van der Waals surface area contributed by atoms with Gasteiger partial charge in [-0.3, -0.25) is 0 Å². The second kappa shape index (κ2) is 6.62. The Hall–Kier alpha value is -0.730. The normalized spacial score (nSPS) is 21.5. The molecule has 2 unspecified atom stereocenters. The van der Waals surface area contributed by atoms with Crippen LogP contribution >= 0.6 is 11.6 Å². The van der Waals surface area contributed by atoms with E-state index in [2.05, 4.69) is 30.0 Å². The number of hydrogen-bond donors (Lipinski definition) is 1. The van der Waals surface area contributed by atoms with Crippen molar-refractivity contribution in [1.82, 2.24) is 0 Å². The molecule has 3 heteroatoms. The molecule has 19 heavy (non-hydrogen) atoms. The van der Waals surface area contributed by atoms with Crippen LogP contribution in [0.1, 0.15) is 57.6 Å². The number of rotatable bonds is 4. The molecule has 2 atom stereocenters. The monoisotopic (exact) mass is 280 g/mol. The summed E-state index contributed by atoms with van der Waals surface area (Å²) in [5, 5.41) is 0.799. The van der Waals surface area contributed by atoms with Crippen LogP contribution in [-0.2, 0) is 0 Å². The third-order valence-electron chi connectivity index (χ3n) is 4.06. The van der Waals surface area contributed by atoms with Crippen LogP contribution < -0.4 is 10.6 Å². The molecule has 1 saturated heterocycles. The fourth-order valence-electron chi connectivity index (χ4n) is 3.04. The third kappa shape index (κ3) is 3.43. The summed E-state index contributed by atoms with van der Waals surface area (Å²) < 4.78 is 0.